The number of nitrogens with zero attached hydrogens (tertiary/aromatic N) is 2. The second kappa shape index (κ2) is 6.25. The number of rotatable bonds is 5. The van der Waals surface area contributed by atoms with Crippen LogP contribution in [0.5, 0.6) is 0 Å². The van der Waals surface area contributed by atoms with E-state index in [0.29, 0.717) is 0 Å². The molecule has 0 saturated heterocycles. The van der Waals surface area contributed by atoms with E-state index in [1.807, 2.05) is 30.2 Å². The number of benzene rings is 1. The molecule has 0 spiro atoms. The Morgan fingerprint density at radius 1 is 1.18 bits per heavy atom. The summed E-state index contributed by atoms with van der Waals surface area (Å²) in [6, 6.07) is 8.35. The maximum Gasteiger partial charge on any atom is 0.115 e. The van der Waals surface area contributed by atoms with Crippen LogP contribution in [0.25, 0.3) is 0 Å². The van der Waals surface area contributed by atoms with Gasteiger partial charge < -0.3 is 5.32 Å². The third-order valence-electron chi connectivity index (χ3n) is 2.28. The predicted octanol–water partition coefficient (Wildman–Crippen LogP) is 3.20. The highest BCUT2D eigenvalue weighted by Crippen LogP contribution is 2.26. The average molecular weight is 245 g/mol. The lowest BCUT2D eigenvalue weighted by Crippen LogP contribution is -2.01. The first-order valence-corrected chi connectivity index (χ1v) is 6.58. The Morgan fingerprint density at radius 3 is 2.71 bits per heavy atom. The first kappa shape index (κ1) is 11.9. The lowest BCUT2D eigenvalue weighted by molar-refractivity contribution is 1.05. The van der Waals surface area contributed by atoms with Crippen LogP contribution in [-0.4, -0.2) is 15.7 Å². The summed E-state index contributed by atoms with van der Waals surface area (Å²) in [5, 5.41) is 3.41. The van der Waals surface area contributed by atoms with Gasteiger partial charge in [-0.25, -0.2) is 9.97 Å². The molecule has 1 N–H and O–H groups in total. The van der Waals surface area contributed by atoms with Crippen LogP contribution in [0.2, 0.25) is 0 Å². The lowest BCUT2D eigenvalue weighted by Gasteiger charge is -2.10. The zero-order valence-electron chi connectivity index (χ0n) is 9.76. The largest absolute Gasteiger partial charge is 0.380 e. The number of para-hydroxylation sites is 1. The molecule has 0 aliphatic heterocycles. The highest BCUT2D eigenvalue weighted by atomic mass is 32.2. The molecule has 2 rings (SSSR count). The molecule has 0 aliphatic carbocycles. The Morgan fingerprint density at radius 2 is 1.94 bits per heavy atom. The highest BCUT2D eigenvalue weighted by molar-refractivity contribution is 7.99. The molecule has 1 aromatic carbocycles. The zero-order valence-corrected chi connectivity index (χ0v) is 10.6. The summed E-state index contributed by atoms with van der Waals surface area (Å²) in [7, 11) is 0. The van der Waals surface area contributed by atoms with Crippen LogP contribution in [0.4, 0.5) is 5.69 Å². The highest BCUT2D eigenvalue weighted by Gasteiger charge is 2.00. The van der Waals surface area contributed by atoms with Gasteiger partial charge in [0.15, 0.2) is 0 Å². The molecule has 0 unspecified atom stereocenters. The first-order valence-electron chi connectivity index (χ1n) is 5.59. The first-order chi connectivity index (χ1) is 8.40. The van der Waals surface area contributed by atoms with E-state index in [-0.39, 0.29) is 0 Å². The molecule has 88 valence electrons. The predicted molar refractivity (Wildman–Crippen MR) is 72.2 cm³/mol. The monoisotopic (exact) mass is 245 g/mol. The Hall–Kier alpha value is -1.55. The van der Waals surface area contributed by atoms with Crippen LogP contribution >= 0.6 is 11.8 Å². The second-order valence-corrected chi connectivity index (χ2v) is 4.84. The van der Waals surface area contributed by atoms with Gasteiger partial charge >= 0.3 is 0 Å². The molecule has 0 fully saturated rings. The maximum atomic E-state index is 4.00. The molecular formula is C13H15N3S. The standard InChI is InChI=1S/C13H15N3S/c1-2-17-13-6-4-3-5-12(13)16-9-11-7-14-10-15-8-11/h3-8,10,16H,2,9H2,1H3. The van der Waals surface area contributed by atoms with Gasteiger partial charge in [-0.05, 0) is 17.9 Å². The van der Waals surface area contributed by atoms with E-state index in [1.54, 1.807) is 6.33 Å². The number of hydrogen-bond donors (Lipinski definition) is 1. The van der Waals surface area contributed by atoms with Crippen molar-refractivity contribution in [1.29, 1.82) is 0 Å². The van der Waals surface area contributed by atoms with Crippen molar-refractivity contribution in [1.82, 2.24) is 9.97 Å². The van der Waals surface area contributed by atoms with E-state index in [1.165, 1.54) is 10.6 Å². The van der Waals surface area contributed by atoms with Crippen LogP contribution in [0.1, 0.15) is 12.5 Å². The molecule has 0 amide bonds. The van der Waals surface area contributed by atoms with E-state index in [4.69, 9.17) is 0 Å². The molecule has 0 atom stereocenters. The fourth-order valence-electron chi connectivity index (χ4n) is 1.51. The molecule has 0 bridgehead atoms. The minimum atomic E-state index is 0.752. The molecule has 3 nitrogen and oxygen atoms in total. The van der Waals surface area contributed by atoms with Gasteiger partial charge in [-0.2, -0.15) is 0 Å². The molecule has 2 aromatic rings. The topological polar surface area (TPSA) is 37.8 Å². The Labute approximate surface area is 106 Å². The lowest BCUT2D eigenvalue weighted by atomic mass is 10.3. The van der Waals surface area contributed by atoms with Crippen LogP contribution in [0.15, 0.2) is 47.9 Å². The van der Waals surface area contributed by atoms with E-state index in [9.17, 15) is 0 Å². The minimum absolute atomic E-state index is 0.752. The SMILES string of the molecule is CCSc1ccccc1NCc1cncnc1. The molecule has 17 heavy (non-hydrogen) atoms. The summed E-state index contributed by atoms with van der Waals surface area (Å²) in [5.41, 5.74) is 2.26. The zero-order chi connectivity index (χ0) is 11.9. The smallest absolute Gasteiger partial charge is 0.115 e. The third-order valence-corrected chi connectivity index (χ3v) is 3.24. The van der Waals surface area contributed by atoms with Crippen molar-refractivity contribution < 1.29 is 0 Å². The van der Waals surface area contributed by atoms with Crippen molar-refractivity contribution >= 4 is 17.4 Å². The number of anilines is 1. The van der Waals surface area contributed by atoms with Gasteiger partial charge in [0.25, 0.3) is 0 Å². The van der Waals surface area contributed by atoms with E-state index >= 15 is 0 Å². The van der Waals surface area contributed by atoms with E-state index in [2.05, 4.69) is 40.4 Å². The van der Waals surface area contributed by atoms with Crippen LogP contribution in [-0.2, 0) is 6.54 Å². The van der Waals surface area contributed by atoms with Gasteiger partial charge in [0.1, 0.15) is 6.33 Å². The molecule has 0 saturated carbocycles. The number of hydrogen-bond acceptors (Lipinski definition) is 4. The second-order valence-electron chi connectivity index (χ2n) is 3.53. The van der Waals surface area contributed by atoms with Crippen molar-refractivity contribution in [2.24, 2.45) is 0 Å². The number of nitrogens with one attached hydrogen (secondary N) is 1. The molecule has 0 aliphatic rings. The number of thioether (sulfide) groups is 1. The van der Waals surface area contributed by atoms with Crippen molar-refractivity contribution in [2.75, 3.05) is 11.1 Å². The number of aromatic nitrogens is 2. The summed E-state index contributed by atoms with van der Waals surface area (Å²) < 4.78 is 0. The Bertz CT molecular complexity index is 459. The van der Waals surface area contributed by atoms with Gasteiger partial charge in [-0.3, -0.25) is 0 Å². The normalized spacial score (nSPS) is 10.2. The van der Waals surface area contributed by atoms with Gasteiger partial charge in [0.05, 0.1) is 0 Å². The van der Waals surface area contributed by atoms with Crippen LogP contribution < -0.4 is 5.32 Å². The van der Waals surface area contributed by atoms with Crippen LogP contribution in [0, 0.1) is 0 Å². The van der Waals surface area contributed by atoms with Crippen LogP contribution in [0.3, 0.4) is 0 Å². The quantitative estimate of drug-likeness (QED) is 0.821. The Kier molecular flexibility index (Phi) is 4.38. The summed E-state index contributed by atoms with van der Waals surface area (Å²) in [4.78, 5) is 9.28. The van der Waals surface area contributed by atoms with Gasteiger partial charge in [0.2, 0.25) is 0 Å². The Balaban J connectivity index is 2.03. The van der Waals surface area contributed by atoms with Crippen molar-refractivity contribution in [3.05, 3.63) is 48.5 Å². The van der Waals surface area contributed by atoms with Crippen molar-refractivity contribution in [3.8, 4) is 0 Å². The third kappa shape index (κ3) is 3.46. The fraction of sp³-hybridized carbons (Fsp3) is 0.231. The molecule has 0 radical (unpaired) electrons. The molecule has 1 aromatic heterocycles. The van der Waals surface area contributed by atoms with Gasteiger partial charge in [-0.1, -0.05) is 19.1 Å². The molecular weight excluding hydrogens is 230 g/mol. The maximum absolute atomic E-state index is 4.00. The summed E-state index contributed by atoms with van der Waals surface area (Å²) >= 11 is 1.84. The van der Waals surface area contributed by atoms with Gasteiger partial charge in [0, 0.05) is 35.1 Å². The van der Waals surface area contributed by atoms with E-state index in [0.717, 1.165) is 17.9 Å². The average Bonchev–Trinajstić information content (AvgIpc) is 2.39. The summed E-state index contributed by atoms with van der Waals surface area (Å²) in [5.74, 6) is 1.08. The van der Waals surface area contributed by atoms with E-state index < -0.39 is 0 Å². The summed E-state index contributed by atoms with van der Waals surface area (Å²) in [6.07, 6.45) is 5.20. The summed E-state index contributed by atoms with van der Waals surface area (Å²) in [6.45, 7) is 2.91. The molecule has 1 heterocycles. The van der Waals surface area contributed by atoms with Crippen molar-refractivity contribution in [3.63, 3.8) is 0 Å². The minimum Gasteiger partial charge on any atom is -0.380 e. The molecule has 4 heteroatoms. The van der Waals surface area contributed by atoms with Crippen molar-refractivity contribution in [2.45, 2.75) is 18.4 Å². The fourth-order valence-corrected chi connectivity index (χ4v) is 2.29. The van der Waals surface area contributed by atoms with Gasteiger partial charge in [-0.15, -0.1) is 11.8 Å².